The van der Waals surface area contributed by atoms with E-state index in [1.165, 1.54) is 17.4 Å². The summed E-state index contributed by atoms with van der Waals surface area (Å²) in [5, 5.41) is 4.90. The SMILES string of the molecule is CCNC(c1ccc2nc(C)ccc2c1)C1CC1C. The average molecular weight is 254 g/mol. The Morgan fingerprint density at radius 3 is 2.79 bits per heavy atom. The van der Waals surface area contributed by atoms with Crippen LogP contribution in [0.1, 0.15) is 37.6 Å². The highest BCUT2D eigenvalue weighted by Gasteiger charge is 2.39. The van der Waals surface area contributed by atoms with E-state index in [1.54, 1.807) is 0 Å². The highest BCUT2D eigenvalue weighted by molar-refractivity contribution is 5.79. The summed E-state index contributed by atoms with van der Waals surface area (Å²) in [6.07, 6.45) is 1.35. The summed E-state index contributed by atoms with van der Waals surface area (Å²) in [4.78, 5) is 4.58. The normalized spacial score (nSPS) is 23.5. The van der Waals surface area contributed by atoms with Gasteiger partial charge >= 0.3 is 0 Å². The Morgan fingerprint density at radius 2 is 2.11 bits per heavy atom. The first-order valence-corrected chi connectivity index (χ1v) is 7.29. The molecule has 2 heteroatoms. The van der Waals surface area contributed by atoms with Gasteiger partial charge in [-0.3, -0.25) is 4.98 Å². The molecule has 0 saturated heterocycles. The maximum atomic E-state index is 4.58. The van der Waals surface area contributed by atoms with Gasteiger partial charge in [-0.15, -0.1) is 0 Å². The number of pyridine rings is 1. The van der Waals surface area contributed by atoms with Crippen LogP contribution in [-0.2, 0) is 0 Å². The van der Waals surface area contributed by atoms with Crippen molar-refractivity contribution in [2.75, 3.05) is 6.54 Å². The molecule has 2 aromatic rings. The largest absolute Gasteiger partial charge is 0.310 e. The first-order valence-electron chi connectivity index (χ1n) is 7.29. The summed E-state index contributed by atoms with van der Waals surface area (Å²) < 4.78 is 0. The van der Waals surface area contributed by atoms with Crippen LogP contribution in [0.15, 0.2) is 30.3 Å². The van der Waals surface area contributed by atoms with Crippen LogP contribution in [0, 0.1) is 18.8 Å². The average Bonchev–Trinajstić information content (AvgIpc) is 3.12. The third-order valence-corrected chi connectivity index (χ3v) is 4.24. The van der Waals surface area contributed by atoms with Crippen LogP contribution < -0.4 is 5.32 Å². The lowest BCUT2D eigenvalue weighted by atomic mass is 9.99. The molecule has 3 rings (SSSR count). The fraction of sp³-hybridized carbons (Fsp3) is 0.471. The minimum Gasteiger partial charge on any atom is -0.310 e. The van der Waals surface area contributed by atoms with Crippen molar-refractivity contribution in [1.29, 1.82) is 0 Å². The lowest BCUT2D eigenvalue weighted by molar-refractivity contribution is 0.476. The molecule has 0 radical (unpaired) electrons. The van der Waals surface area contributed by atoms with Crippen LogP contribution in [0.5, 0.6) is 0 Å². The second kappa shape index (κ2) is 4.93. The smallest absolute Gasteiger partial charge is 0.0705 e. The predicted molar refractivity (Wildman–Crippen MR) is 80.2 cm³/mol. The maximum Gasteiger partial charge on any atom is 0.0705 e. The monoisotopic (exact) mass is 254 g/mol. The van der Waals surface area contributed by atoms with E-state index in [1.807, 2.05) is 6.92 Å². The fourth-order valence-corrected chi connectivity index (χ4v) is 2.99. The number of benzene rings is 1. The zero-order chi connectivity index (χ0) is 13.4. The van der Waals surface area contributed by atoms with E-state index in [0.29, 0.717) is 6.04 Å². The van der Waals surface area contributed by atoms with Gasteiger partial charge in [-0.1, -0.05) is 26.0 Å². The van der Waals surface area contributed by atoms with E-state index in [9.17, 15) is 0 Å². The van der Waals surface area contributed by atoms with Crippen molar-refractivity contribution in [3.63, 3.8) is 0 Å². The van der Waals surface area contributed by atoms with Gasteiger partial charge in [0.15, 0.2) is 0 Å². The van der Waals surface area contributed by atoms with Gasteiger partial charge in [0.05, 0.1) is 5.52 Å². The summed E-state index contributed by atoms with van der Waals surface area (Å²) in [6, 6.07) is 11.5. The summed E-state index contributed by atoms with van der Waals surface area (Å²) in [5.41, 5.74) is 3.59. The van der Waals surface area contributed by atoms with E-state index in [4.69, 9.17) is 0 Å². The van der Waals surface area contributed by atoms with Crippen LogP contribution in [-0.4, -0.2) is 11.5 Å². The van der Waals surface area contributed by atoms with E-state index < -0.39 is 0 Å². The zero-order valence-electron chi connectivity index (χ0n) is 12.0. The molecule has 0 spiro atoms. The molecule has 1 aromatic heterocycles. The number of nitrogens with one attached hydrogen (secondary N) is 1. The number of aryl methyl sites for hydroxylation is 1. The molecule has 1 fully saturated rings. The van der Waals surface area contributed by atoms with Crippen molar-refractivity contribution in [3.05, 3.63) is 41.6 Å². The third-order valence-electron chi connectivity index (χ3n) is 4.24. The maximum absolute atomic E-state index is 4.58. The molecule has 100 valence electrons. The first-order chi connectivity index (χ1) is 9.19. The molecule has 1 aliphatic carbocycles. The molecule has 1 aliphatic rings. The van der Waals surface area contributed by atoms with Gasteiger partial charge in [0, 0.05) is 17.1 Å². The van der Waals surface area contributed by atoms with Crippen molar-refractivity contribution < 1.29 is 0 Å². The molecule has 1 saturated carbocycles. The Balaban J connectivity index is 1.96. The second-order valence-electron chi connectivity index (χ2n) is 5.82. The number of rotatable bonds is 4. The molecular formula is C17H22N2. The lowest BCUT2D eigenvalue weighted by Gasteiger charge is -2.19. The second-order valence-corrected chi connectivity index (χ2v) is 5.82. The molecule has 3 atom stereocenters. The van der Waals surface area contributed by atoms with Gasteiger partial charge in [-0.25, -0.2) is 0 Å². The Kier molecular flexibility index (Phi) is 3.28. The minimum atomic E-state index is 0.505. The summed E-state index contributed by atoms with van der Waals surface area (Å²) >= 11 is 0. The molecule has 19 heavy (non-hydrogen) atoms. The Morgan fingerprint density at radius 1 is 1.32 bits per heavy atom. The summed E-state index contributed by atoms with van der Waals surface area (Å²) in [6.45, 7) is 7.60. The van der Waals surface area contributed by atoms with Crippen molar-refractivity contribution >= 4 is 10.9 Å². The Hall–Kier alpha value is -1.41. The summed E-state index contributed by atoms with van der Waals surface area (Å²) in [7, 11) is 0. The van der Waals surface area contributed by atoms with Gasteiger partial charge in [0.25, 0.3) is 0 Å². The highest BCUT2D eigenvalue weighted by atomic mass is 14.9. The molecule has 1 N–H and O–H groups in total. The molecule has 2 nitrogen and oxygen atoms in total. The fourth-order valence-electron chi connectivity index (χ4n) is 2.99. The van der Waals surface area contributed by atoms with Crippen molar-refractivity contribution in [2.45, 2.75) is 33.2 Å². The molecule has 1 heterocycles. The zero-order valence-corrected chi connectivity index (χ0v) is 12.0. The van der Waals surface area contributed by atoms with Crippen molar-refractivity contribution in [3.8, 4) is 0 Å². The standard InChI is InChI=1S/C17H22N2/c1-4-18-17(15-9-11(15)2)14-7-8-16-13(10-14)6-5-12(3)19-16/h5-8,10-11,15,17-18H,4,9H2,1-3H3. The molecular weight excluding hydrogens is 232 g/mol. The number of fused-ring (bicyclic) bond motifs is 1. The number of hydrogen-bond donors (Lipinski definition) is 1. The van der Waals surface area contributed by atoms with Gasteiger partial charge in [-0.05, 0) is 55.5 Å². The third kappa shape index (κ3) is 2.50. The molecule has 1 aromatic carbocycles. The summed E-state index contributed by atoms with van der Waals surface area (Å²) in [5.74, 6) is 1.66. The van der Waals surface area contributed by atoms with E-state index in [2.05, 4.69) is 54.5 Å². The van der Waals surface area contributed by atoms with Gasteiger partial charge in [-0.2, -0.15) is 0 Å². The van der Waals surface area contributed by atoms with Crippen LogP contribution in [0.25, 0.3) is 10.9 Å². The number of hydrogen-bond acceptors (Lipinski definition) is 2. The Bertz CT molecular complexity index is 591. The molecule has 0 amide bonds. The predicted octanol–water partition coefficient (Wildman–Crippen LogP) is 3.85. The van der Waals surface area contributed by atoms with E-state index in [-0.39, 0.29) is 0 Å². The quantitative estimate of drug-likeness (QED) is 0.896. The van der Waals surface area contributed by atoms with Gasteiger partial charge < -0.3 is 5.32 Å². The van der Waals surface area contributed by atoms with Crippen LogP contribution >= 0.6 is 0 Å². The van der Waals surface area contributed by atoms with Crippen LogP contribution in [0.4, 0.5) is 0 Å². The number of aromatic nitrogens is 1. The van der Waals surface area contributed by atoms with Gasteiger partial charge in [0.1, 0.15) is 0 Å². The van der Waals surface area contributed by atoms with Crippen molar-refractivity contribution in [2.24, 2.45) is 11.8 Å². The topological polar surface area (TPSA) is 24.9 Å². The van der Waals surface area contributed by atoms with E-state index in [0.717, 1.165) is 29.6 Å². The van der Waals surface area contributed by atoms with Gasteiger partial charge in [0.2, 0.25) is 0 Å². The first kappa shape index (κ1) is 12.6. The van der Waals surface area contributed by atoms with Crippen LogP contribution in [0.2, 0.25) is 0 Å². The molecule has 0 bridgehead atoms. The molecule has 0 aliphatic heterocycles. The molecule has 3 unspecified atom stereocenters. The van der Waals surface area contributed by atoms with Crippen molar-refractivity contribution in [1.82, 2.24) is 10.3 Å². The van der Waals surface area contributed by atoms with Crippen LogP contribution in [0.3, 0.4) is 0 Å². The lowest BCUT2D eigenvalue weighted by Crippen LogP contribution is -2.23. The van der Waals surface area contributed by atoms with E-state index >= 15 is 0 Å². The number of nitrogens with zero attached hydrogens (tertiary/aromatic N) is 1. The minimum absolute atomic E-state index is 0.505. The highest BCUT2D eigenvalue weighted by Crippen LogP contribution is 2.47. The Labute approximate surface area is 115 Å².